The molecular weight excluding hydrogens is 406 g/mol. The predicted molar refractivity (Wildman–Crippen MR) is 126 cm³/mol. The molecule has 2 heterocycles. The van der Waals surface area contributed by atoms with Crippen molar-refractivity contribution >= 4 is 17.9 Å². The Balaban J connectivity index is 1.69. The van der Waals surface area contributed by atoms with Gasteiger partial charge < -0.3 is 25.0 Å². The van der Waals surface area contributed by atoms with Gasteiger partial charge in [0.2, 0.25) is 0 Å². The maximum Gasteiger partial charge on any atom is 0.410 e. The van der Waals surface area contributed by atoms with Gasteiger partial charge in [0, 0.05) is 30.7 Å². The van der Waals surface area contributed by atoms with Crippen LogP contribution in [-0.2, 0) is 9.47 Å². The molecule has 3 atom stereocenters. The fraction of sp³-hybridized carbons (Fsp3) is 0.680. The third-order valence-corrected chi connectivity index (χ3v) is 5.82. The number of likely N-dealkylation sites (tertiary alicyclic amines) is 1. The van der Waals surface area contributed by atoms with Gasteiger partial charge in [0.15, 0.2) is 0 Å². The van der Waals surface area contributed by atoms with E-state index >= 15 is 0 Å². The summed E-state index contributed by atoms with van der Waals surface area (Å²) < 4.78 is 11.0. The van der Waals surface area contributed by atoms with Crippen LogP contribution in [0.2, 0.25) is 0 Å². The van der Waals surface area contributed by atoms with E-state index in [-0.39, 0.29) is 24.3 Å². The van der Waals surface area contributed by atoms with Crippen molar-refractivity contribution in [2.24, 2.45) is 5.92 Å². The summed E-state index contributed by atoms with van der Waals surface area (Å²) >= 11 is 0. The minimum absolute atomic E-state index is 0.00446. The highest BCUT2D eigenvalue weighted by molar-refractivity contribution is 5.71. The van der Waals surface area contributed by atoms with Crippen molar-refractivity contribution in [2.75, 3.05) is 18.4 Å². The average Bonchev–Trinajstić information content (AvgIpc) is 3.08. The Labute approximate surface area is 192 Å². The van der Waals surface area contributed by atoms with Gasteiger partial charge in [0.1, 0.15) is 11.2 Å². The largest absolute Gasteiger partial charge is 0.444 e. The molecule has 0 radical (unpaired) electrons. The first kappa shape index (κ1) is 24.2. The molecule has 0 aliphatic carbocycles. The normalized spacial score (nSPS) is 22.5. The number of carbonyl (C=O) groups is 2. The SMILES string of the molecule is Cc1ccc2c(c1)[C@@H]1[C@@H](CCN1C(=O)OC(C)(C)C)[C@H](CCCNC(=O)OC(C)(C)C)N2. The molecule has 7 heteroatoms. The lowest BCUT2D eigenvalue weighted by molar-refractivity contribution is 0.0197. The molecule has 7 nitrogen and oxygen atoms in total. The number of aryl methyl sites for hydroxylation is 1. The summed E-state index contributed by atoms with van der Waals surface area (Å²) in [5.41, 5.74) is 2.41. The number of amides is 2. The van der Waals surface area contributed by atoms with Gasteiger partial charge >= 0.3 is 12.2 Å². The lowest BCUT2D eigenvalue weighted by Gasteiger charge is -2.40. The highest BCUT2D eigenvalue weighted by Gasteiger charge is 2.46. The zero-order valence-corrected chi connectivity index (χ0v) is 20.6. The first-order valence-electron chi connectivity index (χ1n) is 11.7. The van der Waals surface area contributed by atoms with E-state index in [4.69, 9.17) is 9.47 Å². The summed E-state index contributed by atoms with van der Waals surface area (Å²) in [6.45, 7) is 14.6. The monoisotopic (exact) mass is 445 g/mol. The molecule has 0 saturated carbocycles. The molecule has 0 aromatic heterocycles. The van der Waals surface area contributed by atoms with Crippen LogP contribution in [0.15, 0.2) is 18.2 Å². The third kappa shape index (κ3) is 6.08. The summed E-state index contributed by atoms with van der Waals surface area (Å²) in [6, 6.07) is 6.62. The second kappa shape index (κ2) is 9.20. The molecule has 0 bridgehead atoms. The van der Waals surface area contributed by atoms with Gasteiger partial charge in [-0.05, 0) is 79.4 Å². The molecule has 0 unspecified atom stereocenters. The Morgan fingerprint density at radius 2 is 1.81 bits per heavy atom. The molecule has 1 aromatic carbocycles. The molecule has 32 heavy (non-hydrogen) atoms. The van der Waals surface area contributed by atoms with Gasteiger partial charge in [-0.15, -0.1) is 0 Å². The average molecular weight is 446 g/mol. The van der Waals surface area contributed by atoms with Crippen molar-refractivity contribution in [3.63, 3.8) is 0 Å². The Hall–Kier alpha value is -2.44. The number of fused-ring (bicyclic) bond motifs is 3. The van der Waals surface area contributed by atoms with E-state index in [9.17, 15) is 9.59 Å². The zero-order chi connectivity index (χ0) is 23.7. The summed E-state index contributed by atoms with van der Waals surface area (Å²) in [5, 5.41) is 6.55. The lowest BCUT2D eigenvalue weighted by Crippen LogP contribution is -2.43. The lowest BCUT2D eigenvalue weighted by atomic mass is 9.81. The summed E-state index contributed by atoms with van der Waals surface area (Å²) in [5.74, 6) is 0.304. The van der Waals surface area contributed by atoms with Crippen LogP contribution in [0.1, 0.15) is 78.0 Å². The van der Waals surface area contributed by atoms with Crippen LogP contribution in [-0.4, -0.2) is 47.4 Å². The Morgan fingerprint density at radius 1 is 1.12 bits per heavy atom. The molecule has 3 rings (SSSR count). The van der Waals surface area contributed by atoms with Crippen LogP contribution >= 0.6 is 0 Å². The number of anilines is 1. The number of hydrogen-bond acceptors (Lipinski definition) is 5. The second-order valence-corrected chi connectivity index (χ2v) is 11.0. The number of hydrogen-bond donors (Lipinski definition) is 2. The number of ether oxygens (including phenoxy) is 2. The number of benzene rings is 1. The Morgan fingerprint density at radius 3 is 2.47 bits per heavy atom. The smallest absolute Gasteiger partial charge is 0.410 e. The number of nitrogens with one attached hydrogen (secondary N) is 2. The number of alkyl carbamates (subject to hydrolysis) is 1. The van der Waals surface area contributed by atoms with E-state index in [0.29, 0.717) is 19.0 Å². The number of rotatable bonds is 4. The minimum atomic E-state index is -0.524. The van der Waals surface area contributed by atoms with Crippen LogP contribution in [0.3, 0.4) is 0 Å². The van der Waals surface area contributed by atoms with Crippen molar-refractivity contribution in [3.05, 3.63) is 29.3 Å². The van der Waals surface area contributed by atoms with Crippen molar-refractivity contribution < 1.29 is 19.1 Å². The molecule has 1 fully saturated rings. The molecule has 2 amide bonds. The van der Waals surface area contributed by atoms with Crippen molar-refractivity contribution in [1.82, 2.24) is 10.2 Å². The fourth-order valence-electron chi connectivity index (χ4n) is 4.64. The minimum Gasteiger partial charge on any atom is -0.444 e. The van der Waals surface area contributed by atoms with Gasteiger partial charge in [0.25, 0.3) is 0 Å². The number of carbonyl (C=O) groups excluding carboxylic acids is 2. The molecular formula is C25H39N3O4. The first-order valence-corrected chi connectivity index (χ1v) is 11.7. The highest BCUT2D eigenvalue weighted by atomic mass is 16.6. The van der Waals surface area contributed by atoms with E-state index < -0.39 is 11.2 Å². The van der Waals surface area contributed by atoms with Gasteiger partial charge in [-0.25, -0.2) is 9.59 Å². The molecule has 1 saturated heterocycles. The maximum absolute atomic E-state index is 13.0. The van der Waals surface area contributed by atoms with Crippen LogP contribution in [0, 0.1) is 12.8 Å². The second-order valence-electron chi connectivity index (χ2n) is 11.0. The molecule has 2 aliphatic rings. The third-order valence-electron chi connectivity index (χ3n) is 5.82. The van der Waals surface area contributed by atoms with E-state index in [1.807, 2.05) is 46.4 Å². The molecule has 0 spiro atoms. The first-order chi connectivity index (χ1) is 14.8. The van der Waals surface area contributed by atoms with E-state index in [2.05, 4.69) is 35.8 Å². The zero-order valence-electron chi connectivity index (χ0n) is 20.6. The topological polar surface area (TPSA) is 79.9 Å². The van der Waals surface area contributed by atoms with Crippen LogP contribution in [0.4, 0.5) is 15.3 Å². The fourth-order valence-corrected chi connectivity index (χ4v) is 4.64. The van der Waals surface area contributed by atoms with Gasteiger partial charge in [-0.2, -0.15) is 0 Å². The highest BCUT2D eigenvalue weighted by Crippen LogP contribution is 2.47. The summed E-state index contributed by atoms with van der Waals surface area (Å²) in [6.07, 6.45) is 2.02. The quantitative estimate of drug-likeness (QED) is 0.607. The molecule has 2 aliphatic heterocycles. The summed E-state index contributed by atoms with van der Waals surface area (Å²) in [7, 11) is 0. The molecule has 1 aromatic rings. The van der Waals surface area contributed by atoms with Crippen molar-refractivity contribution in [1.29, 1.82) is 0 Å². The van der Waals surface area contributed by atoms with E-state index in [1.165, 1.54) is 11.1 Å². The van der Waals surface area contributed by atoms with Gasteiger partial charge in [0.05, 0.1) is 6.04 Å². The van der Waals surface area contributed by atoms with E-state index in [0.717, 1.165) is 24.9 Å². The number of nitrogens with zero attached hydrogens (tertiary/aromatic N) is 1. The van der Waals surface area contributed by atoms with Crippen LogP contribution in [0.5, 0.6) is 0 Å². The van der Waals surface area contributed by atoms with Crippen LogP contribution in [0.25, 0.3) is 0 Å². The standard InChI is InChI=1S/C25H39N3O4/c1-16-10-11-20-18(15-16)21-17(12-14-28(21)23(30)32-25(5,6)7)19(27-20)9-8-13-26-22(29)31-24(2,3)4/h10-11,15,17,19,21,27H,8-9,12-14H2,1-7H3,(H,26,29)/t17-,19-,21-/m0/s1. The maximum atomic E-state index is 13.0. The van der Waals surface area contributed by atoms with E-state index in [1.54, 1.807) is 0 Å². The summed E-state index contributed by atoms with van der Waals surface area (Å²) in [4.78, 5) is 26.8. The Bertz CT molecular complexity index is 841. The van der Waals surface area contributed by atoms with Crippen LogP contribution < -0.4 is 10.6 Å². The van der Waals surface area contributed by atoms with Crippen molar-refractivity contribution in [2.45, 2.75) is 91.0 Å². The molecule has 2 N–H and O–H groups in total. The Kier molecular flexibility index (Phi) is 6.96. The van der Waals surface area contributed by atoms with Crippen molar-refractivity contribution in [3.8, 4) is 0 Å². The molecule has 178 valence electrons. The van der Waals surface area contributed by atoms with Gasteiger partial charge in [-0.1, -0.05) is 17.7 Å². The van der Waals surface area contributed by atoms with Gasteiger partial charge in [-0.3, -0.25) is 0 Å². The predicted octanol–water partition coefficient (Wildman–Crippen LogP) is 5.39.